The summed E-state index contributed by atoms with van der Waals surface area (Å²) in [5.74, 6) is 0.0343. The van der Waals surface area contributed by atoms with Gasteiger partial charge in [-0.05, 0) is 54.6 Å². The maximum Gasteiger partial charge on any atom is 0.274 e. The standard InChI is InChI=1S/C19H18ClN5O/c1-25(2)16-9-7-15(8-10-16)23-19-21-12-11-17(24-19)18(26)22-14-5-3-13(20)4-6-14/h3-12H,1-2H3,(H,22,26)(H,21,23,24). The van der Waals surface area contributed by atoms with Crippen LogP contribution in [-0.4, -0.2) is 30.0 Å². The normalized spacial score (nSPS) is 10.3. The van der Waals surface area contributed by atoms with Crippen molar-refractivity contribution in [2.24, 2.45) is 0 Å². The van der Waals surface area contributed by atoms with Gasteiger partial charge >= 0.3 is 0 Å². The lowest BCUT2D eigenvalue weighted by atomic mass is 10.2. The minimum Gasteiger partial charge on any atom is -0.378 e. The van der Waals surface area contributed by atoms with Crippen molar-refractivity contribution in [3.05, 3.63) is 71.5 Å². The van der Waals surface area contributed by atoms with Crippen LogP contribution >= 0.6 is 11.6 Å². The lowest BCUT2D eigenvalue weighted by Gasteiger charge is -2.13. The second-order valence-electron chi connectivity index (χ2n) is 5.79. The quantitative estimate of drug-likeness (QED) is 0.707. The first-order valence-electron chi connectivity index (χ1n) is 7.95. The number of aromatic nitrogens is 2. The number of halogens is 1. The molecule has 2 N–H and O–H groups in total. The zero-order chi connectivity index (χ0) is 18.5. The van der Waals surface area contributed by atoms with Gasteiger partial charge in [0.2, 0.25) is 5.95 Å². The predicted octanol–water partition coefficient (Wildman–Crippen LogP) is 4.19. The second-order valence-corrected chi connectivity index (χ2v) is 6.23. The number of nitrogens with one attached hydrogen (secondary N) is 2. The summed E-state index contributed by atoms with van der Waals surface area (Å²) >= 11 is 5.85. The molecule has 3 rings (SSSR count). The average Bonchev–Trinajstić information content (AvgIpc) is 2.64. The molecule has 1 amide bonds. The van der Waals surface area contributed by atoms with Crippen molar-refractivity contribution < 1.29 is 4.79 Å². The average molecular weight is 368 g/mol. The second kappa shape index (κ2) is 7.84. The molecule has 0 unspecified atom stereocenters. The molecule has 0 spiro atoms. The maximum absolute atomic E-state index is 12.4. The van der Waals surface area contributed by atoms with Crippen LogP contribution in [-0.2, 0) is 0 Å². The van der Waals surface area contributed by atoms with E-state index in [0.29, 0.717) is 16.7 Å². The van der Waals surface area contributed by atoms with Crippen LogP contribution in [0, 0.1) is 0 Å². The molecular weight excluding hydrogens is 350 g/mol. The molecule has 0 aliphatic carbocycles. The fraction of sp³-hybridized carbons (Fsp3) is 0.105. The van der Waals surface area contributed by atoms with Crippen LogP contribution in [0.1, 0.15) is 10.5 Å². The first kappa shape index (κ1) is 17.7. The fourth-order valence-electron chi connectivity index (χ4n) is 2.25. The Balaban J connectivity index is 1.71. The lowest BCUT2D eigenvalue weighted by Crippen LogP contribution is -2.14. The summed E-state index contributed by atoms with van der Waals surface area (Å²) in [6.45, 7) is 0. The molecule has 0 atom stereocenters. The van der Waals surface area contributed by atoms with Crippen LogP contribution in [0.3, 0.4) is 0 Å². The van der Waals surface area contributed by atoms with Gasteiger partial charge in [0.15, 0.2) is 0 Å². The van der Waals surface area contributed by atoms with E-state index in [1.807, 2.05) is 43.3 Å². The number of amides is 1. The van der Waals surface area contributed by atoms with Crippen molar-refractivity contribution in [1.82, 2.24) is 9.97 Å². The third-order valence-corrected chi connectivity index (χ3v) is 3.88. The molecule has 2 aromatic carbocycles. The first-order chi connectivity index (χ1) is 12.5. The molecule has 6 nitrogen and oxygen atoms in total. The van der Waals surface area contributed by atoms with Gasteiger partial charge in [0.25, 0.3) is 5.91 Å². The first-order valence-corrected chi connectivity index (χ1v) is 8.33. The summed E-state index contributed by atoms with van der Waals surface area (Å²) < 4.78 is 0. The molecular formula is C19H18ClN5O. The van der Waals surface area contributed by atoms with E-state index in [9.17, 15) is 4.79 Å². The number of carbonyl (C=O) groups excluding carboxylic acids is 1. The highest BCUT2D eigenvalue weighted by Crippen LogP contribution is 2.18. The minimum absolute atomic E-state index is 0.266. The van der Waals surface area contributed by atoms with E-state index in [1.165, 1.54) is 0 Å². The summed E-state index contributed by atoms with van der Waals surface area (Å²) in [4.78, 5) is 22.8. The van der Waals surface area contributed by atoms with E-state index in [-0.39, 0.29) is 11.6 Å². The van der Waals surface area contributed by atoms with Gasteiger partial charge in [0.1, 0.15) is 5.69 Å². The molecule has 0 radical (unpaired) electrons. The number of benzene rings is 2. The molecule has 132 valence electrons. The summed E-state index contributed by atoms with van der Waals surface area (Å²) in [7, 11) is 3.96. The number of rotatable bonds is 5. The number of hydrogen-bond donors (Lipinski definition) is 2. The van der Waals surface area contributed by atoms with E-state index in [2.05, 4.69) is 20.6 Å². The van der Waals surface area contributed by atoms with Crippen LogP contribution in [0.2, 0.25) is 5.02 Å². The Hall–Kier alpha value is -3.12. The molecule has 1 heterocycles. The molecule has 7 heteroatoms. The van der Waals surface area contributed by atoms with Gasteiger partial charge < -0.3 is 15.5 Å². The third kappa shape index (κ3) is 4.49. The van der Waals surface area contributed by atoms with E-state index in [0.717, 1.165) is 11.4 Å². The van der Waals surface area contributed by atoms with Crippen LogP contribution in [0.5, 0.6) is 0 Å². The summed E-state index contributed by atoms with van der Waals surface area (Å²) in [5, 5.41) is 6.48. The van der Waals surface area contributed by atoms with Crippen LogP contribution in [0.4, 0.5) is 23.0 Å². The van der Waals surface area contributed by atoms with Gasteiger partial charge in [-0.15, -0.1) is 0 Å². The zero-order valence-electron chi connectivity index (χ0n) is 14.4. The van der Waals surface area contributed by atoms with Crippen LogP contribution in [0.15, 0.2) is 60.8 Å². The molecule has 0 saturated carbocycles. The smallest absolute Gasteiger partial charge is 0.274 e. The van der Waals surface area contributed by atoms with Crippen molar-refractivity contribution in [2.45, 2.75) is 0 Å². The molecule has 26 heavy (non-hydrogen) atoms. The fourth-order valence-corrected chi connectivity index (χ4v) is 2.37. The minimum atomic E-state index is -0.319. The third-order valence-electron chi connectivity index (χ3n) is 3.63. The highest BCUT2D eigenvalue weighted by Gasteiger charge is 2.09. The molecule has 1 aromatic heterocycles. The summed E-state index contributed by atoms with van der Waals surface area (Å²) in [6, 6.07) is 16.3. The zero-order valence-corrected chi connectivity index (χ0v) is 15.2. The van der Waals surface area contributed by atoms with E-state index < -0.39 is 0 Å². The van der Waals surface area contributed by atoms with Crippen molar-refractivity contribution in [3.8, 4) is 0 Å². The Labute approximate surface area is 156 Å². The molecule has 0 bridgehead atoms. The van der Waals surface area contributed by atoms with Gasteiger partial charge in [-0.3, -0.25) is 4.79 Å². The number of nitrogens with zero attached hydrogens (tertiary/aromatic N) is 3. The van der Waals surface area contributed by atoms with Gasteiger partial charge in [-0.25, -0.2) is 9.97 Å². The Bertz CT molecular complexity index is 895. The molecule has 0 aliphatic heterocycles. The number of anilines is 4. The largest absolute Gasteiger partial charge is 0.378 e. The van der Waals surface area contributed by atoms with Crippen molar-refractivity contribution >= 4 is 40.5 Å². The lowest BCUT2D eigenvalue weighted by molar-refractivity contribution is 0.102. The van der Waals surface area contributed by atoms with E-state index in [1.54, 1.807) is 36.5 Å². The topological polar surface area (TPSA) is 70.2 Å². The Morgan fingerprint density at radius 2 is 1.62 bits per heavy atom. The Kier molecular flexibility index (Phi) is 5.34. The summed E-state index contributed by atoms with van der Waals surface area (Å²) in [6.07, 6.45) is 1.54. The Morgan fingerprint density at radius 3 is 2.27 bits per heavy atom. The van der Waals surface area contributed by atoms with E-state index in [4.69, 9.17) is 11.6 Å². The monoisotopic (exact) mass is 367 g/mol. The van der Waals surface area contributed by atoms with Gasteiger partial charge in [0, 0.05) is 42.4 Å². The predicted molar refractivity (Wildman–Crippen MR) is 105 cm³/mol. The van der Waals surface area contributed by atoms with Gasteiger partial charge in [-0.2, -0.15) is 0 Å². The SMILES string of the molecule is CN(C)c1ccc(Nc2nccc(C(=O)Nc3ccc(Cl)cc3)n2)cc1. The molecule has 0 saturated heterocycles. The van der Waals surface area contributed by atoms with Crippen molar-refractivity contribution in [1.29, 1.82) is 0 Å². The molecule has 0 aliphatic rings. The van der Waals surface area contributed by atoms with Gasteiger partial charge in [-0.1, -0.05) is 11.6 Å². The van der Waals surface area contributed by atoms with Crippen molar-refractivity contribution in [3.63, 3.8) is 0 Å². The van der Waals surface area contributed by atoms with E-state index >= 15 is 0 Å². The van der Waals surface area contributed by atoms with Gasteiger partial charge in [0.05, 0.1) is 0 Å². The molecule has 0 fully saturated rings. The van der Waals surface area contributed by atoms with Crippen molar-refractivity contribution in [2.75, 3.05) is 29.6 Å². The highest BCUT2D eigenvalue weighted by molar-refractivity contribution is 6.30. The highest BCUT2D eigenvalue weighted by atomic mass is 35.5. The number of hydrogen-bond acceptors (Lipinski definition) is 5. The maximum atomic E-state index is 12.4. The summed E-state index contributed by atoms with van der Waals surface area (Å²) in [5.41, 5.74) is 2.84. The Morgan fingerprint density at radius 1 is 0.962 bits per heavy atom. The molecule has 3 aromatic rings. The van der Waals surface area contributed by atoms with Crippen LogP contribution in [0.25, 0.3) is 0 Å². The number of carbonyl (C=O) groups is 1. The van der Waals surface area contributed by atoms with Crippen LogP contribution < -0.4 is 15.5 Å².